The Kier molecular flexibility index (Phi) is 5.41. The van der Waals surface area contributed by atoms with Crippen LogP contribution in [0.2, 0.25) is 0 Å². The van der Waals surface area contributed by atoms with E-state index in [4.69, 9.17) is 4.74 Å². The molecule has 1 aromatic heterocycles. The summed E-state index contributed by atoms with van der Waals surface area (Å²) in [6, 6.07) is 3.92. The van der Waals surface area contributed by atoms with E-state index >= 15 is 0 Å². The molecule has 0 bridgehead atoms. The van der Waals surface area contributed by atoms with Crippen LogP contribution in [0.3, 0.4) is 0 Å². The molecule has 2 rings (SSSR count). The molecule has 0 radical (unpaired) electrons. The Balaban J connectivity index is 1.74. The minimum atomic E-state index is -0.568. The molecule has 1 saturated heterocycles. The molecule has 0 aliphatic carbocycles. The van der Waals surface area contributed by atoms with E-state index in [9.17, 15) is 9.59 Å². The van der Waals surface area contributed by atoms with E-state index in [-0.39, 0.29) is 12.5 Å². The maximum atomic E-state index is 12.1. The number of anilines is 1. The highest BCUT2D eigenvalue weighted by molar-refractivity contribution is 5.82. The lowest BCUT2D eigenvalue weighted by Crippen LogP contribution is -2.51. The van der Waals surface area contributed by atoms with Crippen LogP contribution in [0.5, 0.6) is 0 Å². The van der Waals surface area contributed by atoms with Gasteiger partial charge in [-0.2, -0.15) is 0 Å². The quantitative estimate of drug-likeness (QED) is 0.907. The Morgan fingerprint density at radius 1 is 1.17 bits per heavy atom. The molecule has 1 aliphatic rings. The number of aromatic nitrogens is 1. The number of nitrogens with one attached hydrogen (secondary N) is 1. The summed E-state index contributed by atoms with van der Waals surface area (Å²) in [5.74, 6) is -0.0924. The van der Waals surface area contributed by atoms with E-state index < -0.39 is 11.7 Å². The fourth-order valence-corrected chi connectivity index (χ4v) is 2.34. The number of nitrogens with zero attached hydrogens (tertiary/aromatic N) is 3. The van der Waals surface area contributed by atoms with Gasteiger partial charge in [0, 0.05) is 44.3 Å². The monoisotopic (exact) mass is 320 g/mol. The minimum absolute atomic E-state index is 0.0375. The van der Waals surface area contributed by atoms with Crippen LogP contribution >= 0.6 is 0 Å². The third kappa shape index (κ3) is 5.43. The van der Waals surface area contributed by atoms with Crippen molar-refractivity contribution in [1.29, 1.82) is 0 Å². The molecule has 126 valence electrons. The molecule has 1 fully saturated rings. The first-order chi connectivity index (χ1) is 10.8. The van der Waals surface area contributed by atoms with Gasteiger partial charge in [-0.05, 0) is 32.9 Å². The van der Waals surface area contributed by atoms with Gasteiger partial charge >= 0.3 is 6.09 Å². The normalized spacial score (nSPS) is 15.3. The van der Waals surface area contributed by atoms with Gasteiger partial charge in [-0.25, -0.2) is 4.79 Å². The lowest BCUT2D eigenvalue weighted by molar-refractivity contribution is -0.130. The average molecular weight is 320 g/mol. The van der Waals surface area contributed by atoms with Crippen molar-refractivity contribution in [2.45, 2.75) is 26.4 Å². The molecule has 1 N–H and O–H groups in total. The molecule has 2 heterocycles. The Morgan fingerprint density at radius 2 is 1.78 bits per heavy atom. The van der Waals surface area contributed by atoms with Crippen molar-refractivity contribution < 1.29 is 14.3 Å². The van der Waals surface area contributed by atoms with Gasteiger partial charge in [0.2, 0.25) is 5.91 Å². The largest absolute Gasteiger partial charge is 0.444 e. The number of rotatable bonds is 3. The fraction of sp³-hybridized carbons (Fsp3) is 0.562. The first-order valence-electron chi connectivity index (χ1n) is 7.75. The number of carbonyl (C=O) groups excluding carboxylic acids is 2. The van der Waals surface area contributed by atoms with E-state index in [1.54, 1.807) is 38.1 Å². The predicted octanol–water partition coefficient (Wildman–Crippen LogP) is 1.25. The third-order valence-corrected chi connectivity index (χ3v) is 3.44. The van der Waals surface area contributed by atoms with Crippen LogP contribution in [-0.2, 0) is 9.53 Å². The summed E-state index contributed by atoms with van der Waals surface area (Å²) >= 11 is 0. The lowest BCUT2D eigenvalue weighted by Gasteiger charge is -2.36. The number of hydrogen-bond acceptors (Lipinski definition) is 5. The van der Waals surface area contributed by atoms with Gasteiger partial charge in [-0.1, -0.05) is 0 Å². The minimum Gasteiger partial charge on any atom is -0.444 e. The third-order valence-electron chi connectivity index (χ3n) is 3.44. The number of alkyl carbamates (subject to hydrolysis) is 1. The number of pyridine rings is 1. The molecule has 2 amide bonds. The second kappa shape index (κ2) is 7.30. The van der Waals surface area contributed by atoms with Crippen LogP contribution in [0.25, 0.3) is 0 Å². The smallest absolute Gasteiger partial charge is 0.408 e. The van der Waals surface area contributed by atoms with Gasteiger partial charge in [-0.15, -0.1) is 0 Å². The Bertz CT molecular complexity index is 534. The number of hydrogen-bond donors (Lipinski definition) is 1. The van der Waals surface area contributed by atoms with Crippen LogP contribution in [0, 0.1) is 0 Å². The summed E-state index contributed by atoms with van der Waals surface area (Å²) in [5, 5.41) is 2.50. The average Bonchev–Trinajstić information content (AvgIpc) is 2.52. The molecule has 23 heavy (non-hydrogen) atoms. The highest BCUT2D eigenvalue weighted by Crippen LogP contribution is 2.14. The first kappa shape index (κ1) is 17.1. The summed E-state index contributed by atoms with van der Waals surface area (Å²) in [5.41, 5.74) is 0.544. The summed E-state index contributed by atoms with van der Waals surface area (Å²) in [6.07, 6.45) is 2.95. The SMILES string of the molecule is CC(C)(C)OC(=O)NCC(=O)N1CCN(c2ccncc2)CC1. The highest BCUT2D eigenvalue weighted by Gasteiger charge is 2.22. The summed E-state index contributed by atoms with van der Waals surface area (Å²) in [6.45, 7) is 8.12. The van der Waals surface area contributed by atoms with Crippen LogP contribution in [0.15, 0.2) is 24.5 Å². The van der Waals surface area contributed by atoms with E-state index in [0.717, 1.165) is 18.8 Å². The van der Waals surface area contributed by atoms with E-state index in [1.807, 2.05) is 12.1 Å². The molecule has 0 aromatic carbocycles. The molecule has 1 aliphatic heterocycles. The number of amides is 2. The molecule has 0 atom stereocenters. The van der Waals surface area contributed by atoms with Crippen molar-refractivity contribution in [2.24, 2.45) is 0 Å². The lowest BCUT2D eigenvalue weighted by atomic mass is 10.2. The zero-order chi connectivity index (χ0) is 16.9. The van der Waals surface area contributed by atoms with Crippen LogP contribution in [0.4, 0.5) is 10.5 Å². The van der Waals surface area contributed by atoms with E-state index in [2.05, 4.69) is 15.2 Å². The van der Waals surface area contributed by atoms with Gasteiger partial charge in [0.1, 0.15) is 12.1 Å². The zero-order valence-electron chi connectivity index (χ0n) is 13.9. The van der Waals surface area contributed by atoms with Gasteiger partial charge in [0.25, 0.3) is 0 Å². The van der Waals surface area contributed by atoms with Gasteiger partial charge in [0.05, 0.1) is 0 Å². The van der Waals surface area contributed by atoms with Gasteiger partial charge in [-0.3, -0.25) is 9.78 Å². The zero-order valence-corrected chi connectivity index (χ0v) is 13.9. The maximum absolute atomic E-state index is 12.1. The van der Waals surface area contributed by atoms with Crippen molar-refractivity contribution in [3.8, 4) is 0 Å². The molecular formula is C16H24N4O3. The number of carbonyl (C=O) groups is 2. The molecule has 0 saturated carbocycles. The molecule has 7 heteroatoms. The standard InChI is InChI=1S/C16H24N4O3/c1-16(2,3)23-15(22)18-12-14(21)20-10-8-19(9-11-20)13-4-6-17-7-5-13/h4-7H,8-12H2,1-3H3,(H,18,22). The van der Waals surface area contributed by atoms with Gasteiger partial charge in [0.15, 0.2) is 0 Å². The van der Waals surface area contributed by atoms with Crippen molar-refractivity contribution >= 4 is 17.7 Å². The van der Waals surface area contributed by atoms with Crippen LogP contribution in [-0.4, -0.2) is 60.2 Å². The maximum Gasteiger partial charge on any atom is 0.408 e. The second-order valence-electron chi connectivity index (χ2n) is 6.43. The predicted molar refractivity (Wildman–Crippen MR) is 87.3 cm³/mol. The van der Waals surface area contributed by atoms with E-state index in [0.29, 0.717) is 13.1 Å². The summed E-state index contributed by atoms with van der Waals surface area (Å²) < 4.78 is 5.12. The van der Waals surface area contributed by atoms with Crippen molar-refractivity contribution in [3.63, 3.8) is 0 Å². The molecule has 7 nitrogen and oxygen atoms in total. The summed E-state index contributed by atoms with van der Waals surface area (Å²) in [4.78, 5) is 31.7. The van der Waals surface area contributed by atoms with Crippen molar-refractivity contribution in [3.05, 3.63) is 24.5 Å². The van der Waals surface area contributed by atoms with Crippen molar-refractivity contribution in [1.82, 2.24) is 15.2 Å². The molecular weight excluding hydrogens is 296 g/mol. The Hall–Kier alpha value is -2.31. The number of ether oxygens (including phenoxy) is 1. The first-order valence-corrected chi connectivity index (χ1v) is 7.75. The van der Waals surface area contributed by atoms with Gasteiger partial charge < -0.3 is 19.9 Å². The Morgan fingerprint density at radius 3 is 2.35 bits per heavy atom. The number of piperazine rings is 1. The van der Waals surface area contributed by atoms with E-state index in [1.165, 1.54) is 0 Å². The van der Waals surface area contributed by atoms with Crippen LogP contribution < -0.4 is 10.2 Å². The Labute approximate surface area is 136 Å². The molecule has 0 spiro atoms. The molecule has 1 aromatic rings. The molecule has 0 unspecified atom stereocenters. The highest BCUT2D eigenvalue weighted by atomic mass is 16.6. The van der Waals surface area contributed by atoms with Crippen LogP contribution in [0.1, 0.15) is 20.8 Å². The summed E-state index contributed by atoms with van der Waals surface area (Å²) in [7, 11) is 0. The second-order valence-corrected chi connectivity index (χ2v) is 6.43. The fourth-order valence-electron chi connectivity index (χ4n) is 2.34. The van der Waals surface area contributed by atoms with Crippen molar-refractivity contribution in [2.75, 3.05) is 37.6 Å². The topological polar surface area (TPSA) is 74.8 Å².